The second-order valence-electron chi connectivity index (χ2n) is 7.09. The van der Waals surface area contributed by atoms with E-state index in [-0.39, 0.29) is 5.91 Å². The molecular formula is C23H30N2O2. The number of para-hydroxylation sites is 1. The quantitative estimate of drug-likeness (QED) is 0.260. The maximum Gasteiger partial charge on any atom is 0.276 e. The Hall–Kier alpha value is -2.62. The highest BCUT2D eigenvalue weighted by molar-refractivity contribution is 5.87. The van der Waals surface area contributed by atoms with E-state index < -0.39 is 0 Å². The van der Waals surface area contributed by atoms with Gasteiger partial charge >= 0.3 is 0 Å². The number of hydrogen-bond acceptors (Lipinski definition) is 3. The summed E-state index contributed by atoms with van der Waals surface area (Å²) in [4.78, 5) is 22.1. The first kappa shape index (κ1) is 20.7. The van der Waals surface area contributed by atoms with Gasteiger partial charge in [-0.1, -0.05) is 70.0 Å². The third kappa shape index (κ3) is 7.26. The standard InChI is InChI=1S/C23H30N2O2/c1-4-5-6-7-8-9-10-15-22(26)25-27-23-20(16-18(2)3)17-19-13-11-12-14-21(19)24-23/h8-15,17-18H,4-7,16H2,1-3H3,(H,25,26)/b9-8+,15-10+. The van der Waals surface area contributed by atoms with E-state index in [1.165, 1.54) is 25.3 Å². The molecular weight excluding hydrogens is 336 g/mol. The predicted octanol–water partition coefficient (Wildman–Crippen LogP) is 5.54. The summed E-state index contributed by atoms with van der Waals surface area (Å²) in [6.07, 6.45) is 12.7. The highest BCUT2D eigenvalue weighted by Gasteiger charge is 2.11. The zero-order valence-electron chi connectivity index (χ0n) is 16.6. The second kappa shape index (κ2) is 11.2. The van der Waals surface area contributed by atoms with Crippen molar-refractivity contribution < 1.29 is 9.63 Å². The number of carbonyl (C=O) groups excluding carboxylic acids is 1. The Balaban J connectivity index is 1.97. The van der Waals surface area contributed by atoms with E-state index in [1.54, 1.807) is 6.08 Å². The van der Waals surface area contributed by atoms with Crippen LogP contribution in [0.3, 0.4) is 0 Å². The number of hydroxylamine groups is 1. The van der Waals surface area contributed by atoms with Gasteiger partial charge in [0.2, 0.25) is 5.88 Å². The molecule has 2 aromatic rings. The van der Waals surface area contributed by atoms with E-state index in [9.17, 15) is 4.79 Å². The third-order valence-corrected chi connectivity index (χ3v) is 4.11. The largest absolute Gasteiger partial charge is 0.359 e. The first-order chi connectivity index (χ1) is 13.1. The molecule has 0 atom stereocenters. The molecule has 0 saturated heterocycles. The van der Waals surface area contributed by atoms with Crippen molar-refractivity contribution in [3.05, 3.63) is 60.2 Å². The molecule has 1 amide bonds. The number of pyridine rings is 1. The summed E-state index contributed by atoms with van der Waals surface area (Å²) in [5.41, 5.74) is 4.30. The minimum atomic E-state index is -0.307. The van der Waals surface area contributed by atoms with E-state index in [4.69, 9.17) is 4.84 Å². The first-order valence-electron chi connectivity index (χ1n) is 9.78. The summed E-state index contributed by atoms with van der Waals surface area (Å²) < 4.78 is 0. The molecule has 0 aliphatic heterocycles. The highest BCUT2D eigenvalue weighted by atomic mass is 16.7. The summed E-state index contributed by atoms with van der Waals surface area (Å²) >= 11 is 0. The number of aromatic nitrogens is 1. The van der Waals surface area contributed by atoms with Crippen molar-refractivity contribution in [2.24, 2.45) is 5.92 Å². The van der Waals surface area contributed by atoms with Crippen LogP contribution in [0.4, 0.5) is 0 Å². The van der Waals surface area contributed by atoms with Crippen LogP contribution < -0.4 is 10.3 Å². The summed E-state index contributed by atoms with van der Waals surface area (Å²) in [5, 5.41) is 1.07. The molecule has 0 unspecified atom stereocenters. The van der Waals surface area contributed by atoms with Crippen LogP contribution in [0.25, 0.3) is 10.9 Å². The average molecular weight is 367 g/mol. The van der Waals surface area contributed by atoms with Crippen LogP contribution in [0.2, 0.25) is 0 Å². The van der Waals surface area contributed by atoms with Crippen LogP contribution >= 0.6 is 0 Å². The van der Waals surface area contributed by atoms with Crippen molar-refractivity contribution >= 4 is 16.8 Å². The lowest BCUT2D eigenvalue weighted by Crippen LogP contribution is -2.26. The van der Waals surface area contributed by atoms with Crippen molar-refractivity contribution in [1.29, 1.82) is 0 Å². The molecule has 0 spiro atoms. The molecule has 1 N–H and O–H groups in total. The predicted molar refractivity (Wildman–Crippen MR) is 111 cm³/mol. The van der Waals surface area contributed by atoms with Crippen LogP contribution in [-0.4, -0.2) is 10.9 Å². The number of amides is 1. The summed E-state index contributed by atoms with van der Waals surface area (Å²) in [6, 6.07) is 9.98. The van der Waals surface area contributed by atoms with Crippen molar-refractivity contribution in [2.75, 3.05) is 0 Å². The van der Waals surface area contributed by atoms with Crippen molar-refractivity contribution in [3.63, 3.8) is 0 Å². The number of nitrogens with zero attached hydrogens (tertiary/aromatic N) is 1. The van der Waals surface area contributed by atoms with Gasteiger partial charge in [-0.2, -0.15) is 5.48 Å². The monoisotopic (exact) mass is 366 g/mol. The maximum absolute atomic E-state index is 12.0. The molecule has 0 radical (unpaired) electrons. The molecule has 0 aliphatic rings. The van der Waals surface area contributed by atoms with Gasteiger partial charge in [0.15, 0.2) is 0 Å². The van der Waals surface area contributed by atoms with Gasteiger partial charge in [-0.3, -0.25) is 4.79 Å². The second-order valence-corrected chi connectivity index (χ2v) is 7.09. The van der Waals surface area contributed by atoms with Crippen LogP contribution in [0, 0.1) is 5.92 Å². The molecule has 27 heavy (non-hydrogen) atoms. The fourth-order valence-corrected chi connectivity index (χ4v) is 2.78. The van der Waals surface area contributed by atoms with Gasteiger partial charge in [-0.25, -0.2) is 4.98 Å². The molecule has 144 valence electrons. The highest BCUT2D eigenvalue weighted by Crippen LogP contribution is 2.24. The van der Waals surface area contributed by atoms with Crippen LogP contribution in [0.15, 0.2) is 54.6 Å². The fourth-order valence-electron chi connectivity index (χ4n) is 2.78. The van der Waals surface area contributed by atoms with Gasteiger partial charge in [0.25, 0.3) is 5.91 Å². The molecule has 2 rings (SSSR count). The zero-order valence-corrected chi connectivity index (χ0v) is 16.6. The van der Waals surface area contributed by atoms with E-state index in [1.807, 2.05) is 30.3 Å². The number of unbranched alkanes of at least 4 members (excludes halogenated alkanes) is 3. The molecule has 0 fully saturated rings. The molecule has 1 aromatic heterocycles. The number of benzene rings is 1. The number of fused-ring (bicyclic) bond motifs is 1. The Morgan fingerprint density at radius 1 is 1.22 bits per heavy atom. The Kier molecular flexibility index (Phi) is 8.56. The molecule has 1 heterocycles. The zero-order chi connectivity index (χ0) is 19.5. The number of nitrogens with one attached hydrogen (secondary N) is 1. The molecule has 1 aromatic carbocycles. The Morgan fingerprint density at radius 2 is 2.04 bits per heavy atom. The van der Waals surface area contributed by atoms with E-state index in [0.717, 1.165) is 29.3 Å². The van der Waals surface area contributed by atoms with E-state index in [2.05, 4.69) is 43.4 Å². The van der Waals surface area contributed by atoms with Gasteiger partial charge in [-0.15, -0.1) is 0 Å². The number of allylic oxidation sites excluding steroid dienone is 3. The summed E-state index contributed by atoms with van der Waals surface area (Å²) in [7, 11) is 0. The van der Waals surface area contributed by atoms with Gasteiger partial charge in [0.1, 0.15) is 0 Å². The van der Waals surface area contributed by atoms with Gasteiger partial charge < -0.3 is 4.84 Å². The van der Waals surface area contributed by atoms with Crippen molar-refractivity contribution in [1.82, 2.24) is 10.5 Å². The number of carbonyl (C=O) groups is 1. The Labute approximate surface area is 162 Å². The molecule has 4 heteroatoms. The Morgan fingerprint density at radius 3 is 2.81 bits per heavy atom. The Bertz CT molecular complexity index is 794. The topological polar surface area (TPSA) is 51.2 Å². The van der Waals surface area contributed by atoms with Crippen molar-refractivity contribution in [2.45, 2.75) is 52.9 Å². The third-order valence-electron chi connectivity index (χ3n) is 4.11. The maximum atomic E-state index is 12.0. The molecule has 0 bridgehead atoms. The number of hydrogen-bond donors (Lipinski definition) is 1. The van der Waals surface area contributed by atoms with Gasteiger partial charge in [0.05, 0.1) is 5.52 Å². The van der Waals surface area contributed by atoms with Crippen LogP contribution in [-0.2, 0) is 11.2 Å². The van der Waals surface area contributed by atoms with E-state index in [0.29, 0.717) is 11.8 Å². The molecule has 0 aliphatic carbocycles. The normalized spacial score (nSPS) is 11.7. The molecule has 0 saturated carbocycles. The summed E-state index contributed by atoms with van der Waals surface area (Å²) in [5.74, 6) is 0.613. The lowest BCUT2D eigenvalue weighted by Gasteiger charge is -2.12. The fraction of sp³-hybridized carbons (Fsp3) is 0.391. The smallest absolute Gasteiger partial charge is 0.276 e. The van der Waals surface area contributed by atoms with Gasteiger partial charge in [0, 0.05) is 17.0 Å². The van der Waals surface area contributed by atoms with Crippen molar-refractivity contribution in [3.8, 4) is 5.88 Å². The lowest BCUT2D eigenvalue weighted by atomic mass is 10.0. The number of rotatable bonds is 10. The van der Waals surface area contributed by atoms with Crippen LogP contribution in [0.1, 0.15) is 52.0 Å². The summed E-state index contributed by atoms with van der Waals surface area (Å²) in [6.45, 7) is 6.48. The minimum Gasteiger partial charge on any atom is -0.359 e. The first-order valence-corrected chi connectivity index (χ1v) is 9.78. The van der Waals surface area contributed by atoms with Crippen LogP contribution in [0.5, 0.6) is 5.88 Å². The van der Waals surface area contributed by atoms with Gasteiger partial charge in [-0.05, 0) is 37.3 Å². The lowest BCUT2D eigenvalue weighted by molar-refractivity contribution is -0.122. The average Bonchev–Trinajstić information content (AvgIpc) is 2.65. The SMILES string of the molecule is CCCCC/C=C/C=C/C(=O)NOc1nc2ccccc2cc1CC(C)C. The van der Waals surface area contributed by atoms with E-state index >= 15 is 0 Å². The molecule has 4 nitrogen and oxygen atoms in total. The minimum absolute atomic E-state index is 0.307.